The van der Waals surface area contributed by atoms with Crippen LogP contribution in [0.25, 0.3) is 5.43 Å². The summed E-state index contributed by atoms with van der Waals surface area (Å²) in [5, 5.41) is 11.6. The molecular weight excluding hydrogens is 340 g/mol. The summed E-state index contributed by atoms with van der Waals surface area (Å²) in [4.78, 5) is 13.5. The van der Waals surface area contributed by atoms with Gasteiger partial charge < -0.3 is 25.8 Å². The smallest absolute Gasteiger partial charge is 0.305 e. The summed E-state index contributed by atoms with van der Waals surface area (Å²) in [6, 6.07) is 8.40. The Hall–Kier alpha value is -2.31. The molecule has 2 aromatic rings. The van der Waals surface area contributed by atoms with E-state index in [1.54, 1.807) is 42.7 Å². The van der Waals surface area contributed by atoms with Crippen molar-refractivity contribution < 1.29 is 39.6 Å². The third-order valence-corrected chi connectivity index (χ3v) is 2.57. The van der Waals surface area contributed by atoms with E-state index in [4.69, 9.17) is 9.84 Å². The van der Waals surface area contributed by atoms with E-state index in [0.717, 1.165) is 0 Å². The van der Waals surface area contributed by atoms with Gasteiger partial charge in [-0.2, -0.15) is 0 Å². The second kappa shape index (κ2) is 9.60. The Morgan fingerprint density at radius 2 is 2.00 bits per heavy atom. The molecule has 0 aliphatic carbocycles. The van der Waals surface area contributed by atoms with Crippen LogP contribution in [0.1, 0.15) is 11.1 Å². The Bertz CT molecular complexity index is 635. The zero-order chi connectivity index (χ0) is 14.4. The van der Waals surface area contributed by atoms with E-state index in [9.17, 15) is 4.79 Å². The quantitative estimate of drug-likeness (QED) is 0.350. The molecule has 1 aromatic carbocycles. The minimum absolute atomic E-state index is 0. The maximum absolute atomic E-state index is 9.71. The van der Waals surface area contributed by atoms with Crippen LogP contribution in [-0.2, 0) is 19.5 Å². The van der Waals surface area contributed by atoms with Gasteiger partial charge in [0.2, 0.25) is 5.75 Å². The summed E-state index contributed by atoms with van der Waals surface area (Å²) in [5.41, 5.74) is 4.75. The fourth-order valence-electron chi connectivity index (χ4n) is 1.53. The Balaban J connectivity index is 0.00000220. The Kier molecular flexibility index (Phi) is 8.59. The molecule has 0 aliphatic heterocycles. The fraction of sp³-hybridized carbons (Fsp3) is 0.0714. The van der Waals surface area contributed by atoms with Crippen LogP contribution in [0.5, 0.6) is 11.5 Å². The number of amides is 1. The van der Waals surface area contributed by atoms with Gasteiger partial charge in [-0.05, 0) is 24.3 Å². The molecule has 2 rings (SSSR count). The van der Waals surface area contributed by atoms with Crippen molar-refractivity contribution in [2.24, 2.45) is 5.10 Å². The first-order chi connectivity index (χ1) is 9.72. The molecule has 112 valence electrons. The molecule has 0 saturated heterocycles. The molecule has 0 spiro atoms. The Morgan fingerprint density at radius 1 is 1.32 bits per heavy atom. The van der Waals surface area contributed by atoms with Crippen molar-refractivity contribution in [3.05, 3.63) is 59.3 Å². The maximum atomic E-state index is 9.71. The molecule has 0 atom stereocenters. The summed E-state index contributed by atoms with van der Waals surface area (Å²) in [7, 11) is 1.50. The largest absolute Gasteiger partial charge is 0.590 e. The average molecular weight is 356 g/mol. The van der Waals surface area contributed by atoms with Crippen LogP contribution in [0.15, 0.2) is 47.8 Å². The number of para-hydroxylation sites is 1. The van der Waals surface area contributed by atoms with Gasteiger partial charge in [-0.15, -0.1) is 0 Å². The third kappa shape index (κ3) is 4.91. The normalized spacial score (nSPS) is 9.50. The number of rotatable bonds is 4. The molecule has 0 unspecified atom stereocenters. The van der Waals surface area contributed by atoms with Gasteiger partial charge in [0.15, 0.2) is 0 Å². The van der Waals surface area contributed by atoms with Crippen LogP contribution in [-0.4, -0.2) is 39.6 Å². The average Bonchev–Trinajstić information content (AvgIpc) is 2.49. The molecule has 0 saturated carbocycles. The number of nitrogens with zero attached hydrogens (tertiary/aromatic N) is 3. The van der Waals surface area contributed by atoms with E-state index in [1.807, 2.05) is 0 Å². The first kappa shape index (κ1) is 19.7. The number of hydrogen-bond acceptors (Lipinski definition) is 3. The molecule has 1 heterocycles. The van der Waals surface area contributed by atoms with E-state index >= 15 is 0 Å². The van der Waals surface area contributed by atoms with Gasteiger partial charge in [0.25, 0.3) is 5.91 Å². The van der Waals surface area contributed by atoms with Crippen molar-refractivity contribution in [2.75, 3.05) is 7.11 Å². The summed E-state index contributed by atoms with van der Waals surface area (Å²) in [6.07, 6.45) is 4.49. The van der Waals surface area contributed by atoms with E-state index in [1.165, 1.54) is 13.3 Å². The van der Waals surface area contributed by atoms with Crippen LogP contribution >= 0.6 is 0 Å². The van der Waals surface area contributed by atoms with Gasteiger partial charge in [-0.3, -0.25) is 9.78 Å². The molecule has 0 aliphatic rings. The second-order valence-corrected chi connectivity index (χ2v) is 3.83. The molecule has 0 radical (unpaired) electrons. The van der Waals surface area contributed by atoms with E-state index < -0.39 is 0 Å². The molecule has 0 fully saturated rings. The number of ether oxygens (including phenoxy) is 1. The zero-order valence-electron chi connectivity index (χ0n) is 12.0. The number of hydrogen-bond donors (Lipinski definition) is 0. The summed E-state index contributed by atoms with van der Waals surface area (Å²) < 4.78 is 5.04. The van der Waals surface area contributed by atoms with E-state index in [2.05, 4.69) is 15.5 Å². The fourth-order valence-corrected chi connectivity index (χ4v) is 1.53. The van der Waals surface area contributed by atoms with Gasteiger partial charge in [0.1, 0.15) is 0 Å². The number of methoxy groups -OCH3 is 1. The van der Waals surface area contributed by atoms with Crippen molar-refractivity contribution in [2.45, 2.75) is 0 Å². The van der Waals surface area contributed by atoms with Crippen molar-refractivity contribution in [1.82, 2.24) is 4.98 Å². The molecular formula is C14H16N3O4Zn+. The van der Waals surface area contributed by atoms with Crippen LogP contribution in [0, 0.1) is 0 Å². The van der Waals surface area contributed by atoms with E-state index in [-0.39, 0.29) is 36.6 Å². The Morgan fingerprint density at radius 3 is 2.64 bits per heavy atom. The standard InChI is InChI=1S/C14H13N3O3.H2O.Zn/c1-20-12-4-2-3-11(13(12)18)9-16-17-14(19)10-5-7-15-8-6-10;;/h2-9H,1H3,(H2,15,16,17,18,19);1H2;/p+1. The predicted molar refractivity (Wildman–Crippen MR) is 80.9 cm³/mol. The number of pyridine rings is 1. The maximum Gasteiger partial charge on any atom is 0.305 e. The topological polar surface area (TPSA) is 124 Å². The SMILES string of the molecule is COc1cccc(/C=N/[N-]C(=[OH+])c2ccncc2)c1[OH2+].O.[Zn]. The van der Waals surface area contributed by atoms with Gasteiger partial charge in [0.05, 0.1) is 18.2 Å². The van der Waals surface area contributed by atoms with Crippen LogP contribution in [0.3, 0.4) is 0 Å². The van der Waals surface area contributed by atoms with Crippen LogP contribution in [0.4, 0.5) is 0 Å². The molecule has 1 aromatic heterocycles. The summed E-state index contributed by atoms with van der Waals surface area (Å²) in [6.45, 7) is 0. The molecule has 7 nitrogen and oxygen atoms in total. The van der Waals surface area contributed by atoms with Crippen LogP contribution in [0.2, 0.25) is 0 Å². The van der Waals surface area contributed by atoms with Crippen LogP contribution < -0.4 is 4.74 Å². The van der Waals surface area contributed by atoms with Gasteiger partial charge >= 0.3 is 5.75 Å². The third-order valence-electron chi connectivity index (χ3n) is 2.57. The summed E-state index contributed by atoms with van der Waals surface area (Å²) >= 11 is 0. The summed E-state index contributed by atoms with van der Waals surface area (Å²) in [5.74, 6) is 0.465. The van der Waals surface area contributed by atoms with E-state index in [0.29, 0.717) is 16.9 Å². The number of benzene rings is 1. The monoisotopic (exact) mass is 354 g/mol. The first-order valence-electron chi connectivity index (χ1n) is 5.81. The molecule has 5 N–H and O–H groups in total. The first-order valence-corrected chi connectivity index (χ1v) is 5.81. The Labute approximate surface area is 140 Å². The number of carbonyl (C=O) groups excluding carboxylic acids is 1. The number of aromatic nitrogens is 1. The van der Waals surface area contributed by atoms with Gasteiger partial charge in [0, 0.05) is 38.1 Å². The minimum Gasteiger partial charge on any atom is -0.590 e. The molecule has 22 heavy (non-hydrogen) atoms. The van der Waals surface area contributed by atoms with Gasteiger partial charge in [-0.1, -0.05) is 6.07 Å². The molecule has 1 amide bonds. The molecule has 0 bridgehead atoms. The minimum atomic E-state index is -0.210. The van der Waals surface area contributed by atoms with Crippen molar-refractivity contribution in [3.63, 3.8) is 0 Å². The molecule has 8 heteroatoms. The van der Waals surface area contributed by atoms with Crippen molar-refractivity contribution in [1.29, 1.82) is 0 Å². The van der Waals surface area contributed by atoms with Gasteiger partial charge in [-0.25, -0.2) is 0 Å². The second-order valence-electron chi connectivity index (χ2n) is 3.83. The zero-order valence-corrected chi connectivity index (χ0v) is 15.0. The van der Waals surface area contributed by atoms with Crippen molar-refractivity contribution >= 4 is 12.1 Å². The van der Waals surface area contributed by atoms with Crippen molar-refractivity contribution in [3.8, 4) is 11.5 Å². The predicted octanol–water partition coefficient (Wildman–Crippen LogP) is 0.959.